The minimum Gasteiger partial charge on any atom is -0.466 e. The number of hydrogen-bond donors (Lipinski definition) is 0. The Labute approximate surface area is 134 Å². The third-order valence-electron chi connectivity index (χ3n) is 2.66. The Bertz CT molecular complexity index is 612. The second kappa shape index (κ2) is 9.19. The van der Waals surface area contributed by atoms with Crippen molar-refractivity contribution in [3.05, 3.63) is 48.1 Å². The van der Waals surface area contributed by atoms with Gasteiger partial charge in [-0.1, -0.05) is 18.7 Å². The van der Waals surface area contributed by atoms with Crippen LogP contribution in [0, 0.1) is 0 Å². The molecule has 1 aromatic carbocycles. The van der Waals surface area contributed by atoms with Gasteiger partial charge in [0.05, 0.1) is 20.1 Å². The van der Waals surface area contributed by atoms with E-state index in [4.69, 9.17) is 9.47 Å². The normalized spacial score (nSPS) is 10.2. The van der Waals surface area contributed by atoms with Crippen molar-refractivity contribution in [1.29, 1.82) is 0 Å². The highest BCUT2D eigenvalue weighted by molar-refractivity contribution is 5.94. The van der Waals surface area contributed by atoms with Crippen molar-refractivity contribution in [3.8, 4) is 5.75 Å². The van der Waals surface area contributed by atoms with Gasteiger partial charge in [-0.2, -0.15) is 0 Å². The number of esters is 3. The van der Waals surface area contributed by atoms with Crippen LogP contribution in [0.1, 0.15) is 18.9 Å². The maximum absolute atomic E-state index is 11.8. The van der Waals surface area contributed by atoms with Gasteiger partial charge in [0.1, 0.15) is 5.75 Å². The van der Waals surface area contributed by atoms with E-state index in [0.717, 1.165) is 5.56 Å². The zero-order chi connectivity index (χ0) is 17.2. The van der Waals surface area contributed by atoms with Crippen molar-refractivity contribution < 1.29 is 28.6 Å². The van der Waals surface area contributed by atoms with Crippen LogP contribution in [0.25, 0.3) is 6.08 Å². The summed E-state index contributed by atoms with van der Waals surface area (Å²) in [5.41, 5.74) is 0.749. The summed E-state index contributed by atoms with van der Waals surface area (Å²) in [4.78, 5) is 34.0. The van der Waals surface area contributed by atoms with E-state index in [2.05, 4.69) is 11.3 Å². The first kappa shape index (κ1) is 18.2. The smallest absolute Gasteiger partial charge is 0.339 e. The number of rotatable bonds is 7. The van der Waals surface area contributed by atoms with Gasteiger partial charge in [0.15, 0.2) is 0 Å². The maximum atomic E-state index is 11.8. The molecular weight excluding hydrogens is 300 g/mol. The molecule has 0 saturated heterocycles. The Morgan fingerprint density at radius 3 is 2.39 bits per heavy atom. The van der Waals surface area contributed by atoms with E-state index in [1.807, 2.05) is 0 Å². The van der Waals surface area contributed by atoms with Gasteiger partial charge in [-0.05, 0) is 30.7 Å². The Morgan fingerprint density at radius 2 is 1.83 bits per heavy atom. The Hall–Kier alpha value is -2.89. The lowest BCUT2D eigenvalue weighted by Crippen LogP contribution is -2.15. The number of ether oxygens (including phenoxy) is 3. The number of carbonyl (C=O) groups is 3. The molecule has 1 rings (SSSR count). The van der Waals surface area contributed by atoms with E-state index >= 15 is 0 Å². The van der Waals surface area contributed by atoms with Gasteiger partial charge in [0, 0.05) is 11.6 Å². The number of hydrogen-bond acceptors (Lipinski definition) is 6. The molecule has 0 bridgehead atoms. The predicted molar refractivity (Wildman–Crippen MR) is 83.5 cm³/mol. The monoisotopic (exact) mass is 318 g/mol. The SMILES string of the molecule is C=C(CC(=O)OCC)C(=O)Oc1ccc(/C=C/C(=O)OC)cc1. The van der Waals surface area contributed by atoms with Crippen molar-refractivity contribution >= 4 is 24.0 Å². The van der Waals surface area contributed by atoms with E-state index in [-0.39, 0.29) is 18.6 Å². The fourth-order valence-electron chi connectivity index (χ4n) is 1.52. The third kappa shape index (κ3) is 6.60. The van der Waals surface area contributed by atoms with Gasteiger partial charge in [-0.15, -0.1) is 0 Å². The maximum Gasteiger partial charge on any atom is 0.339 e. The summed E-state index contributed by atoms with van der Waals surface area (Å²) >= 11 is 0. The molecule has 122 valence electrons. The molecule has 0 aromatic heterocycles. The van der Waals surface area contributed by atoms with Gasteiger partial charge < -0.3 is 14.2 Å². The van der Waals surface area contributed by atoms with Crippen LogP contribution in [0.2, 0.25) is 0 Å². The lowest BCUT2D eigenvalue weighted by Gasteiger charge is -2.06. The molecule has 0 spiro atoms. The number of benzene rings is 1. The van der Waals surface area contributed by atoms with E-state index in [1.54, 1.807) is 37.3 Å². The van der Waals surface area contributed by atoms with Gasteiger partial charge in [-0.25, -0.2) is 9.59 Å². The standard InChI is InChI=1S/C17H18O6/c1-4-22-16(19)11-12(2)17(20)23-14-8-5-13(6-9-14)7-10-15(18)21-3/h5-10H,2,4,11H2,1,3H3/b10-7+. The van der Waals surface area contributed by atoms with Crippen molar-refractivity contribution in [2.45, 2.75) is 13.3 Å². The quantitative estimate of drug-likeness (QED) is 0.436. The van der Waals surface area contributed by atoms with Gasteiger partial charge >= 0.3 is 17.9 Å². The predicted octanol–water partition coefficient (Wildman–Crippen LogP) is 2.29. The highest BCUT2D eigenvalue weighted by Crippen LogP contribution is 2.15. The van der Waals surface area contributed by atoms with Crippen LogP contribution in [0.15, 0.2) is 42.5 Å². The lowest BCUT2D eigenvalue weighted by molar-refractivity contribution is -0.143. The Balaban J connectivity index is 2.59. The zero-order valence-corrected chi connectivity index (χ0v) is 13.0. The molecule has 0 amide bonds. The summed E-state index contributed by atoms with van der Waals surface area (Å²) in [6.07, 6.45) is 2.63. The summed E-state index contributed by atoms with van der Waals surface area (Å²) < 4.78 is 14.3. The summed E-state index contributed by atoms with van der Waals surface area (Å²) in [5, 5.41) is 0. The second-order valence-electron chi connectivity index (χ2n) is 4.40. The topological polar surface area (TPSA) is 78.9 Å². The molecule has 0 N–H and O–H groups in total. The number of methoxy groups -OCH3 is 1. The molecule has 6 nitrogen and oxygen atoms in total. The largest absolute Gasteiger partial charge is 0.466 e. The van der Waals surface area contributed by atoms with Crippen LogP contribution in [0.4, 0.5) is 0 Å². The summed E-state index contributed by atoms with van der Waals surface area (Å²) in [5.74, 6) is -1.39. The minimum atomic E-state index is -0.698. The average molecular weight is 318 g/mol. The van der Waals surface area contributed by atoms with Crippen molar-refractivity contribution in [2.24, 2.45) is 0 Å². The third-order valence-corrected chi connectivity index (χ3v) is 2.66. The molecule has 1 aromatic rings. The van der Waals surface area contributed by atoms with Crippen molar-refractivity contribution in [1.82, 2.24) is 0 Å². The molecule has 0 aliphatic rings. The highest BCUT2D eigenvalue weighted by Gasteiger charge is 2.14. The van der Waals surface area contributed by atoms with E-state index in [1.165, 1.54) is 13.2 Å². The molecule has 6 heteroatoms. The molecule has 0 heterocycles. The fraction of sp³-hybridized carbons (Fsp3) is 0.235. The van der Waals surface area contributed by atoms with Crippen LogP contribution >= 0.6 is 0 Å². The summed E-state index contributed by atoms with van der Waals surface area (Å²) in [6, 6.07) is 6.45. The van der Waals surface area contributed by atoms with Crippen LogP contribution in [-0.4, -0.2) is 31.6 Å². The second-order valence-corrected chi connectivity index (χ2v) is 4.40. The molecule has 0 unspecified atom stereocenters. The van der Waals surface area contributed by atoms with E-state index in [9.17, 15) is 14.4 Å². The lowest BCUT2D eigenvalue weighted by atomic mass is 10.2. The van der Waals surface area contributed by atoms with E-state index in [0.29, 0.717) is 5.75 Å². The molecule has 0 atom stereocenters. The molecular formula is C17H18O6. The van der Waals surface area contributed by atoms with Crippen LogP contribution < -0.4 is 4.74 Å². The first-order valence-corrected chi connectivity index (χ1v) is 6.88. The van der Waals surface area contributed by atoms with Crippen LogP contribution in [0.5, 0.6) is 5.75 Å². The molecule has 0 saturated carbocycles. The molecule has 0 aliphatic heterocycles. The Kier molecular flexibility index (Phi) is 7.26. The zero-order valence-electron chi connectivity index (χ0n) is 13.0. The minimum absolute atomic E-state index is 0.0121. The molecule has 0 fully saturated rings. The van der Waals surface area contributed by atoms with Gasteiger partial charge in [0.25, 0.3) is 0 Å². The van der Waals surface area contributed by atoms with Crippen molar-refractivity contribution in [3.63, 3.8) is 0 Å². The summed E-state index contributed by atoms with van der Waals surface area (Å²) in [6.45, 7) is 5.42. The average Bonchev–Trinajstić information content (AvgIpc) is 2.53. The summed E-state index contributed by atoms with van der Waals surface area (Å²) in [7, 11) is 1.29. The Morgan fingerprint density at radius 1 is 1.17 bits per heavy atom. The molecule has 0 radical (unpaired) electrons. The molecule has 0 aliphatic carbocycles. The highest BCUT2D eigenvalue weighted by atomic mass is 16.5. The first-order chi connectivity index (χ1) is 11.0. The van der Waals surface area contributed by atoms with Crippen molar-refractivity contribution in [2.75, 3.05) is 13.7 Å². The first-order valence-electron chi connectivity index (χ1n) is 6.88. The van der Waals surface area contributed by atoms with Gasteiger partial charge in [-0.3, -0.25) is 4.79 Å². The van der Waals surface area contributed by atoms with E-state index < -0.39 is 17.9 Å². The number of carbonyl (C=O) groups excluding carboxylic acids is 3. The van der Waals surface area contributed by atoms with Crippen LogP contribution in [-0.2, 0) is 23.9 Å². The van der Waals surface area contributed by atoms with Crippen LogP contribution in [0.3, 0.4) is 0 Å². The molecule has 23 heavy (non-hydrogen) atoms. The van der Waals surface area contributed by atoms with Gasteiger partial charge in [0.2, 0.25) is 0 Å². The fourth-order valence-corrected chi connectivity index (χ4v) is 1.52.